The number of ether oxygens (including phenoxy) is 1. The van der Waals surface area contributed by atoms with Gasteiger partial charge < -0.3 is 10.1 Å². The van der Waals surface area contributed by atoms with Crippen molar-refractivity contribution in [1.29, 1.82) is 0 Å². The standard InChI is InChI=1S/C12H11F3N2O2/c1-19-9-4-2-8(3-5-9)17-10(12(13,14)15)6-7-16-11(17)18/h2-6H,7H2,1H3,(H,16,18). The number of anilines is 1. The molecule has 1 aliphatic rings. The molecular formula is C12H11F3N2O2. The molecule has 102 valence electrons. The van der Waals surface area contributed by atoms with Crippen molar-refractivity contribution in [3.63, 3.8) is 0 Å². The van der Waals surface area contributed by atoms with E-state index in [1.165, 1.54) is 31.4 Å². The Balaban J connectivity index is 2.40. The lowest BCUT2D eigenvalue weighted by Gasteiger charge is -2.30. The SMILES string of the molecule is COc1ccc(N2C(=O)NCC=C2C(F)(F)F)cc1. The lowest BCUT2D eigenvalue weighted by molar-refractivity contribution is -0.0931. The first-order valence-electron chi connectivity index (χ1n) is 5.43. The Hall–Kier alpha value is -2.18. The highest BCUT2D eigenvalue weighted by molar-refractivity contribution is 5.96. The zero-order chi connectivity index (χ0) is 14.0. The van der Waals surface area contributed by atoms with Gasteiger partial charge in [0.25, 0.3) is 0 Å². The monoisotopic (exact) mass is 272 g/mol. The summed E-state index contributed by atoms with van der Waals surface area (Å²) >= 11 is 0. The van der Waals surface area contributed by atoms with Crippen LogP contribution < -0.4 is 15.0 Å². The zero-order valence-electron chi connectivity index (χ0n) is 9.99. The predicted molar refractivity (Wildman–Crippen MR) is 63.0 cm³/mol. The lowest BCUT2D eigenvalue weighted by atomic mass is 10.2. The van der Waals surface area contributed by atoms with E-state index in [0.29, 0.717) is 10.6 Å². The highest BCUT2D eigenvalue weighted by Crippen LogP contribution is 2.34. The molecule has 4 nitrogen and oxygen atoms in total. The largest absolute Gasteiger partial charge is 0.497 e. The average molecular weight is 272 g/mol. The van der Waals surface area contributed by atoms with Gasteiger partial charge in [0, 0.05) is 6.54 Å². The molecule has 2 rings (SSSR count). The van der Waals surface area contributed by atoms with Crippen molar-refractivity contribution >= 4 is 11.7 Å². The van der Waals surface area contributed by atoms with Gasteiger partial charge in [0.2, 0.25) is 0 Å². The van der Waals surface area contributed by atoms with Gasteiger partial charge in [-0.1, -0.05) is 0 Å². The van der Waals surface area contributed by atoms with E-state index in [1.807, 2.05) is 0 Å². The topological polar surface area (TPSA) is 41.6 Å². The molecule has 1 aliphatic heterocycles. The van der Waals surface area contributed by atoms with Crippen molar-refractivity contribution in [2.24, 2.45) is 0 Å². The highest BCUT2D eigenvalue weighted by Gasteiger charge is 2.42. The molecule has 1 aromatic carbocycles. The summed E-state index contributed by atoms with van der Waals surface area (Å²) in [5.74, 6) is 0.499. The van der Waals surface area contributed by atoms with Crippen LogP contribution in [-0.4, -0.2) is 25.9 Å². The molecule has 0 bridgehead atoms. The molecule has 1 aromatic rings. The molecule has 1 N–H and O–H groups in total. The van der Waals surface area contributed by atoms with Crippen molar-refractivity contribution in [3.8, 4) is 5.75 Å². The van der Waals surface area contributed by atoms with E-state index in [-0.39, 0.29) is 12.2 Å². The van der Waals surface area contributed by atoms with E-state index >= 15 is 0 Å². The summed E-state index contributed by atoms with van der Waals surface area (Å²) in [5.41, 5.74) is -0.858. The number of allylic oxidation sites excluding steroid dienone is 1. The highest BCUT2D eigenvalue weighted by atomic mass is 19.4. The number of carbonyl (C=O) groups is 1. The minimum absolute atomic E-state index is 0.126. The van der Waals surface area contributed by atoms with Gasteiger partial charge in [0.15, 0.2) is 0 Å². The molecule has 0 aromatic heterocycles. The van der Waals surface area contributed by atoms with Crippen molar-refractivity contribution < 1.29 is 22.7 Å². The van der Waals surface area contributed by atoms with Gasteiger partial charge in [-0.25, -0.2) is 4.79 Å². The van der Waals surface area contributed by atoms with Crippen molar-refractivity contribution in [2.45, 2.75) is 6.18 Å². The number of halogens is 3. The lowest BCUT2D eigenvalue weighted by Crippen LogP contribution is -2.47. The third kappa shape index (κ3) is 2.64. The van der Waals surface area contributed by atoms with Crippen molar-refractivity contribution in [3.05, 3.63) is 36.0 Å². The molecule has 7 heteroatoms. The van der Waals surface area contributed by atoms with Crippen LogP contribution in [0.15, 0.2) is 36.0 Å². The second-order valence-electron chi connectivity index (χ2n) is 3.81. The molecule has 0 saturated heterocycles. The van der Waals surface area contributed by atoms with Gasteiger partial charge in [0.1, 0.15) is 11.4 Å². The molecule has 0 radical (unpaired) electrons. The predicted octanol–water partition coefficient (Wildman–Crippen LogP) is 2.67. The third-order valence-corrected chi connectivity index (χ3v) is 2.61. The summed E-state index contributed by atoms with van der Waals surface area (Å²) < 4.78 is 43.6. The smallest absolute Gasteiger partial charge is 0.431 e. The van der Waals surface area contributed by atoms with Crippen LogP contribution in [0.1, 0.15) is 0 Å². The van der Waals surface area contributed by atoms with Crippen LogP contribution in [0.25, 0.3) is 0 Å². The van der Waals surface area contributed by atoms with E-state index in [0.717, 1.165) is 6.08 Å². The maximum Gasteiger partial charge on any atom is 0.431 e. The number of methoxy groups -OCH3 is 1. The molecule has 1 heterocycles. The molecule has 0 fully saturated rings. The maximum atomic E-state index is 12.9. The van der Waals surface area contributed by atoms with Crippen molar-refractivity contribution in [2.75, 3.05) is 18.6 Å². The first kappa shape index (κ1) is 13.3. The Morgan fingerprint density at radius 1 is 1.26 bits per heavy atom. The molecule has 0 saturated carbocycles. The molecule has 2 amide bonds. The second-order valence-corrected chi connectivity index (χ2v) is 3.81. The number of nitrogens with one attached hydrogen (secondary N) is 1. The minimum atomic E-state index is -4.59. The normalized spacial score (nSPS) is 15.9. The molecule has 0 unspecified atom stereocenters. The van der Waals surface area contributed by atoms with Gasteiger partial charge in [-0.05, 0) is 30.3 Å². The number of nitrogens with zero attached hydrogens (tertiary/aromatic N) is 1. The van der Waals surface area contributed by atoms with Crippen LogP contribution in [0.4, 0.5) is 23.7 Å². The summed E-state index contributed by atoms with van der Waals surface area (Å²) in [4.78, 5) is 12.2. The molecule has 0 spiro atoms. The quantitative estimate of drug-likeness (QED) is 0.899. The Labute approximate surface area is 107 Å². The minimum Gasteiger partial charge on any atom is -0.497 e. The summed E-state index contributed by atoms with van der Waals surface area (Å²) in [7, 11) is 1.45. The van der Waals surface area contributed by atoms with Crippen LogP contribution in [0, 0.1) is 0 Å². The van der Waals surface area contributed by atoms with E-state index in [2.05, 4.69) is 5.32 Å². The zero-order valence-corrected chi connectivity index (χ0v) is 9.99. The molecule has 0 aliphatic carbocycles. The van der Waals surface area contributed by atoms with E-state index < -0.39 is 17.9 Å². The van der Waals surface area contributed by atoms with Crippen LogP contribution in [-0.2, 0) is 0 Å². The van der Waals surface area contributed by atoms with Crippen molar-refractivity contribution in [1.82, 2.24) is 5.32 Å². The van der Waals surface area contributed by atoms with Gasteiger partial charge >= 0.3 is 12.2 Å². The number of hydrogen-bond acceptors (Lipinski definition) is 2. The second kappa shape index (κ2) is 4.83. The Kier molecular flexibility index (Phi) is 3.37. The maximum absolute atomic E-state index is 12.9. The van der Waals surface area contributed by atoms with Crippen LogP contribution >= 0.6 is 0 Å². The van der Waals surface area contributed by atoms with Crippen LogP contribution in [0.2, 0.25) is 0 Å². The van der Waals surface area contributed by atoms with Gasteiger partial charge in [-0.15, -0.1) is 0 Å². The number of carbonyl (C=O) groups excluding carboxylic acids is 1. The van der Waals surface area contributed by atoms with Gasteiger partial charge in [-0.2, -0.15) is 13.2 Å². The Morgan fingerprint density at radius 2 is 1.89 bits per heavy atom. The molecule has 19 heavy (non-hydrogen) atoms. The number of hydrogen-bond donors (Lipinski definition) is 1. The summed E-state index contributed by atoms with van der Waals surface area (Å²) in [6.07, 6.45) is -3.65. The van der Waals surface area contributed by atoms with E-state index in [9.17, 15) is 18.0 Å². The fraction of sp³-hybridized carbons (Fsp3) is 0.250. The Bertz CT molecular complexity index is 509. The summed E-state index contributed by atoms with van der Waals surface area (Å²) in [6.45, 7) is -0.139. The number of urea groups is 1. The first-order valence-corrected chi connectivity index (χ1v) is 5.43. The fourth-order valence-electron chi connectivity index (χ4n) is 1.74. The van der Waals surface area contributed by atoms with Crippen LogP contribution in [0.5, 0.6) is 5.75 Å². The first-order chi connectivity index (χ1) is 8.93. The fourth-order valence-corrected chi connectivity index (χ4v) is 1.74. The number of rotatable bonds is 2. The van der Waals surface area contributed by atoms with E-state index in [1.54, 1.807) is 0 Å². The van der Waals surface area contributed by atoms with Gasteiger partial charge in [-0.3, -0.25) is 4.90 Å². The van der Waals surface area contributed by atoms with Crippen LogP contribution in [0.3, 0.4) is 0 Å². The third-order valence-electron chi connectivity index (χ3n) is 2.61. The number of amides is 2. The van der Waals surface area contributed by atoms with Gasteiger partial charge in [0.05, 0.1) is 12.8 Å². The molecule has 0 atom stereocenters. The number of alkyl halides is 3. The summed E-state index contributed by atoms with van der Waals surface area (Å²) in [5, 5.41) is 2.34. The Morgan fingerprint density at radius 3 is 2.42 bits per heavy atom. The van der Waals surface area contributed by atoms with E-state index in [4.69, 9.17) is 4.74 Å². The molecular weight excluding hydrogens is 261 g/mol. The summed E-state index contributed by atoms with van der Waals surface area (Å²) in [6, 6.07) is 4.96. The average Bonchev–Trinajstić information content (AvgIpc) is 2.37. The number of benzene rings is 1.